The predicted molar refractivity (Wildman–Crippen MR) is 332 cm³/mol. The van der Waals surface area contributed by atoms with Crippen molar-refractivity contribution in [1.29, 1.82) is 5.26 Å². The Morgan fingerprint density at radius 2 is 1.22 bits per heavy atom. The second kappa shape index (κ2) is 40.0. The SMILES string of the molecule is Cc1nc(-c2ccc(CSSCC[Si](C)(C)C)cc2)ncc1C(=O)N[C@@H](CCN)C(=O)N(C)[C@@H]1C(=O)N[C@@H](C)C(=O)N[C@H](C(=O)NCC#N)Cc2ccc(OCCN)c(c2)-c2cc1ccc2OCCN.O=C(O)C(F)(F)F.O=C(O)C(F)(F)F.O=C(O)C(F)(F)F.O=C(O)C(F)(F)F. The molecule has 0 aliphatic carbocycles. The molecular weight excluding hydrogens is 1400 g/mol. The molecule has 1 aliphatic rings. The Labute approximate surface area is 559 Å². The Hall–Kier alpha value is -8.98. The number of hydrogen-bond acceptors (Lipinski definition) is 19. The van der Waals surface area contributed by atoms with Crippen LogP contribution in [0.2, 0.25) is 25.7 Å². The van der Waals surface area contributed by atoms with Gasteiger partial charge in [-0.2, -0.15) is 57.9 Å². The molecule has 0 radical (unpaired) electrons. The van der Waals surface area contributed by atoms with Crippen LogP contribution in [0.1, 0.15) is 52.1 Å². The molecule has 0 saturated heterocycles. The van der Waals surface area contributed by atoms with E-state index in [-0.39, 0.29) is 57.8 Å². The van der Waals surface area contributed by atoms with Crippen molar-refractivity contribution in [1.82, 2.24) is 36.1 Å². The van der Waals surface area contributed by atoms with Gasteiger partial charge in [-0.25, -0.2) is 29.1 Å². The first-order chi connectivity index (χ1) is 45.2. The van der Waals surface area contributed by atoms with Crippen LogP contribution in [0.3, 0.4) is 0 Å². The molecule has 1 aromatic heterocycles. The molecule has 2 heterocycles. The number of ether oxygens (including phenoxy) is 2. The first-order valence-corrected chi connectivity index (χ1v) is 34.3. The first-order valence-electron chi connectivity index (χ1n) is 28.1. The number of carboxylic acids is 4. The number of fused-ring (bicyclic) bond motifs is 5. The second-order valence-electron chi connectivity index (χ2n) is 21.2. The number of hydrogen-bond donors (Lipinski definition) is 11. The molecule has 14 N–H and O–H groups in total. The van der Waals surface area contributed by atoms with Crippen LogP contribution in [0.5, 0.6) is 11.5 Å². The number of carbonyl (C=O) groups excluding carboxylic acids is 5. The van der Waals surface area contributed by atoms with Crippen LogP contribution in [0.15, 0.2) is 66.9 Å². The van der Waals surface area contributed by atoms with Crippen LogP contribution < -0.4 is 47.9 Å². The summed E-state index contributed by atoms with van der Waals surface area (Å²) in [7, 11) is 4.10. The van der Waals surface area contributed by atoms with E-state index in [0.717, 1.165) is 17.1 Å². The molecule has 0 fully saturated rings. The summed E-state index contributed by atoms with van der Waals surface area (Å²) in [4.78, 5) is 116. The molecule has 3 aromatic carbocycles. The number of halogens is 12. The van der Waals surface area contributed by atoms with Gasteiger partial charge in [0, 0.05) is 69.0 Å². The van der Waals surface area contributed by atoms with Crippen molar-refractivity contribution in [3.8, 4) is 40.1 Å². The molecule has 0 spiro atoms. The van der Waals surface area contributed by atoms with E-state index in [0.29, 0.717) is 45.3 Å². The van der Waals surface area contributed by atoms with E-state index in [2.05, 4.69) is 50.9 Å². The number of nitriles is 1. The summed E-state index contributed by atoms with van der Waals surface area (Å²) in [6, 6.07) is 16.3. The van der Waals surface area contributed by atoms with E-state index in [4.69, 9.17) is 66.3 Å². The zero-order valence-electron chi connectivity index (χ0n) is 52.6. The average molecular weight is 1470 g/mol. The summed E-state index contributed by atoms with van der Waals surface area (Å²) < 4.78 is 139. The molecule has 4 atom stereocenters. The van der Waals surface area contributed by atoms with E-state index in [9.17, 15) is 81.9 Å². The quantitative estimate of drug-likeness (QED) is 0.0142. The number of alkyl halides is 12. The largest absolute Gasteiger partial charge is 0.492 e. The Bertz CT molecular complexity index is 3320. The average Bonchev–Trinajstić information content (AvgIpc) is 0.783. The highest BCUT2D eigenvalue weighted by Gasteiger charge is 2.41. The molecule has 26 nitrogen and oxygen atoms in total. The third kappa shape index (κ3) is 31.0. The van der Waals surface area contributed by atoms with Crippen LogP contribution >= 0.6 is 21.6 Å². The molecule has 0 saturated carbocycles. The minimum Gasteiger partial charge on any atom is -0.492 e. The molecule has 98 heavy (non-hydrogen) atoms. The summed E-state index contributed by atoms with van der Waals surface area (Å²) in [5.74, 6) is -11.1. The van der Waals surface area contributed by atoms with Crippen molar-refractivity contribution in [2.24, 2.45) is 17.2 Å². The zero-order chi connectivity index (χ0) is 75.3. The standard InChI is InChI=1S/C49H65N11O7S2Si.4C2HF3O2/c1-30-38(28-55-44(56-30)34-10-7-32(8-11-34)29-69-68-23-24-70(4,5)6)46(62)58-39(15-16-50)49(65)60(3)43-35-12-14-42(67-22-19-53)37(27-35)36-25-33(9-13-41(36)66-21-18-52)26-40(47(63)54-20-17-51)59-45(61)31(2)57-48(43)64;4*3-2(4,5)1(6)7/h7-14,25,27-28,31,39-40,43H,15-16,18-24,26,29,50,52-53H2,1-6H3,(H,54,63)(H,57,64)(H,58,62)(H,59,61);4*(H,6,7)/t31-,39-,40-,43-;;;;/m0..../s1. The van der Waals surface area contributed by atoms with Gasteiger partial charge in [0.25, 0.3) is 5.91 Å². The number of nitrogens with two attached hydrogens (primary N) is 3. The van der Waals surface area contributed by atoms with E-state index in [1.54, 1.807) is 43.3 Å². The Morgan fingerprint density at radius 3 is 1.67 bits per heavy atom. The van der Waals surface area contributed by atoms with Crippen LogP contribution in [-0.4, -0.2) is 192 Å². The lowest BCUT2D eigenvalue weighted by molar-refractivity contribution is -0.193. The predicted octanol–water partition coefficient (Wildman–Crippen LogP) is 6.38. The molecule has 5 amide bonds. The van der Waals surface area contributed by atoms with E-state index >= 15 is 0 Å². The fraction of sp³-hybridized carbons (Fsp3) is 0.439. The lowest BCUT2D eigenvalue weighted by atomic mass is 9.93. The highest BCUT2D eigenvalue weighted by atomic mass is 33.1. The Balaban J connectivity index is 0.00000142. The maximum Gasteiger partial charge on any atom is 0.490 e. The van der Waals surface area contributed by atoms with Crippen molar-refractivity contribution in [3.63, 3.8) is 0 Å². The van der Waals surface area contributed by atoms with Crippen molar-refractivity contribution in [2.45, 2.75) is 107 Å². The van der Waals surface area contributed by atoms with Gasteiger partial charge in [-0.1, -0.05) is 77.6 Å². The Kier molecular flexibility index (Phi) is 35.6. The summed E-state index contributed by atoms with van der Waals surface area (Å²) >= 11 is 0. The minimum absolute atomic E-state index is 0.00102. The van der Waals surface area contributed by atoms with E-state index < -0.39 is 110 Å². The van der Waals surface area contributed by atoms with Crippen LogP contribution in [0, 0.1) is 18.3 Å². The van der Waals surface area contributed by atoms with Gasteiger partial charge in [-0.3, -0.25) is 24.0 Å². The minimum atomic E-state index is -5.08. The monoisotopic (exact) mass is 1470 g/mol. The fourth-order valence-electron chi connectivity index (χ4n) is 7.46. The highest BCUT2D eigenvalue weighted by molar-refractivity contribution is 8.76. The number of likely N-dealkylation sites (N-methyl/N-ethyl adjacent to an activating group) is 1. The molecule has 5 rings (SSSR count). The zero-order valence-corrected chi connectivity index (χ0v) is 55.2. The lowest BCUT2D eigenvalue weighted by Gasteiger charge is -2.32. The third-order valence-electron chi connectivity index (χ3n) is 12.3. The maximum atomic E-state index is 14.7. The number of benzene rings is 3. The van der Waals surface area contributed by atoms with Gasteiger partial charge in [0.15, 0.2) is 5.82 Å². The van der Waals surface area contributed by atoms with Gasteiger partial charge < -0.3 is 73.3 Å². The van der Waals surface area contributed by atoms with E-state index in [1.165, 1.54) is 36.7 Å². The smallest absolute Gasteiger partial charge is 0.490 e. The summed E-state index contributed by atoms with van der Waals surface area (Å²) in [5.41, 5.74) is 22.1. The maximum absolute atomic E-state index is 14.7. The number of carboxylic acid groups (broad SMARTS) is 4. The topological polar surface area (TPSA) is 432 Å². The number of aromatic nitrogens is 2. The fourth-order valence-corrected chi connectivity index (χ4v) is 12.5. The van der Waals surface area contributed by atoms with Crippen molar-refractivity contribution < 1.29 is 126 Å². The highest BCUT2D eigenvalue weighted by Crippen LogP contribution is 2.40. The summed E-state index contributed by atoms with van der Waals surface area (Å²) in [6.45, 7) is 10.6. The molecule has 4 aromatic rings. The number of aliphatic carboxylic acids is 4. The molecular formula is C57H69F12N11O15S2Si. The third-order valence-corrected chi connectivity index (χ3v) is 16.7. The number of nitrogens with one attached hydrogen (secondary N) is 4. The van der Waals surface area contributed by atoms with Crippen molar-refractivity contribution in [2.75, 3.05) is 52.2 Å². The number of carbonyl (C=O) groups is 9. The van der Waals surface area contributed by atoms with Crippen LogP contribution in [-0.2, 0) is 50.5 Å². The lowest BCUT2D eigenvalue weighted by Crippen LogP contribution is -2.56. The van der Waals surface area contributed by atoms with E-state index in [1.807, 2.05) is 51.9 Å². The molecule has 542 valence electrons. The van der Waals surface area contributed by atoms with Gasteiger partial charge >= 0.3 is 48.6 Å². The number of amides is 5. The number of nitrogens with zero attached hydrogens (tertiary/aromatic N) is 4. The Morgan fingerprint density at radius 1 is 0.735 bits per heavy atom. The van der Waals surface area contributed by atoms with Crippen LogP contribution in [0.4, 0.5) is 52.7 Å². The van der Waals surface area contributed by atoms with Crippen LogP contribution in [0.25, 0.3) is 22.5 Å². The first kappa shape index (κ1) is 87.0. The molecule has 0 unspecified atom stereocenters. The van der Waals surface area contributed by atoms with Gasteiger partial charge in [0.1, 0.15) is 55.4 Å². The summed E-state index contributed by atoms with van der Waals surface area (Å²) in [5, 5.41) is 48.4. The number of aryl methyl sites for hydroxylation is 1. The van der Waals surface area contributed by atoms with Gasteiger partial charge in [-0.05, 0) is 73.8 Å². The van der Waals surface area contributed by atoms with Gasteiger partial charge in [0.05, 0.1) is 17.3 Å². The summed E-state index contributed by atoms with van der Waals surface area (Å²) in [6.07, 6.45) is -18.9. The normalized spacial score (nSPS) is 14.9. The molecule has 1 aliphatic heterocycles. The molecule has 41 heteroatoms. The molecule has 4 bridgehead atoms. The van der Waals surface area contributed by atoms with Gasteiger partial charge in [-0.15, -0.1) is 0 Å². The number of rotatable bonds is 21. The second-order valence-corrected chi connectivity index (χ2v) is 29.4. The van der Waals surface area contributed by atoms with Crippen molar-refractivity contribution in [3.05, 3.63) is 94.8 Å². The van der Waals surface area contributed by atoms with Gasteiger partial charge in [0.2, 0.25) is 23.6 Å². The van der Waals surface area contributed by atoms with Crippen molar-refractivity contribution >= 4 is 83.1 Å².